The monoisotopic (exact) mass is 482 g/mol. The van der Waals surface area contributed by atoms with Gasteiger partial charge in [0.1, 0.15) is 11.3 Å². The van der Waals surface area contributed by atoms with Crippen LogP contribution in [0.15, 0.2) is 27.4 Å². The minimum atomic E-state index is -0.825. The van der Waals surface area contributed by atoms with Crippen LogP contribution in [0, 0.1) is 5.92 Å². The van der Waals surface area contributed by atoms with Crippen LogP contribution in [0.2, 0.25) is 0 Å². The highest BCUT2D eigenvalue weighted by atomic mass is 16.5. The molecule has 3 atom stereocenters. The summed E-state index contributed by atoms with van der Waals surface area (Å²) in [6, 6.07) is 5.32. The van der Waals surface area contributed by atoms with E-state index in [-0.39, 0.29) is 24.0 Å². The van der Waals surface area contributed by atoms with E-state index >= 15 is 0 Å². The van der Waals surface area contributed by atoms with Crippen molar-refractivity contribution in [3.8, 4) is 5.75 Å². The van der Waals surface area contributed by atoms with Gasteiger partial charge < -0.3 is 24.5 Å². The molecular formula is C27H34N2O6. The molecule has 0 radical (unpaired) electrons. The minimum absolute atomic E-state index is 0.101. The number of aryl methyl sites for hydroxylation is 1. The van der Waals surface area contributed by atoms with E-state index in [2.05, 4.69) is 5.32 Å². The first-order valence-corrected chi connectivity index (χ1v) is 12.9. The molecule has 2 heterocycles. The molecule has 5 rings (SSSR count). The normalized spacial score (nSPS) is 24.9. The average Bonchev–Trinajstić information content (AvgIpc) is 2.86. The maximum Gasteiger partial charge on any atom is 0.339 e. The van der Waals surface area contributed by atoms with Crippen molar-refractivity contribution in [3.63, 3.8) is 0 Å². The summed E-state index contributed by atoms with van der Waals surface area (Å²) in [7, 11) is 0. The molecule has 1 aromatic heterocycles. The molecule has 2 aromatic rings. The maximum absolute atomic E-state index is 12.7. The van der Waals surface area contributed by atoms with Gasteiger partial charge in [-0.2, -0.15) is 0 Å². The van der Waals surface area contributed by atoms with Gasteiger partial charge in [0.05, 0.1) is 12.1 Å². The number of likely N-dealkylation sites (tertiary alicyclic amines) is 1. The van der Waals surface area contributed by atoms with Crippen molar-refractivity contribution in [2.24, 2.45) is 5.92 Å². The summed E-state index contributed by atoms with van der Waals surface area (Å²) >= 11 is 0. The van der Waals surface area contributed by atoms with Gasteiger partial charge in [-0.1, -0.05) is 12.8 Å². The molecule has 188 valence electrons. The molecule has 1 saturated heterocycles. The number of nitrogens with one attached hydrogen (secondary N) is 1. The molecule has 1 aromatic carbocycles. The van der Waals surface area contributed by atoms with Crippen molar-refractivity contribution >= 4 is 22.8 Å². The predicted molar refractivity (Wildman–Crippen MR) is 130 cm³/mol. The number of piperidine rings is 1. The Kier molecular flexibility index (Phi) is 6.57. The Morgan fingerprint density at radius 1 is 1.20 bits per heavy atom. The fourth-order valence-electron chi connectivity index (χ4n) is 5.97. The van der Waals surface area contributed by atoms with Crippen LogP contribution in [0.1, 0.15) is 63.0 Å². The third-order valence-corrected chi connectivity index (χ3v) is 8.07. The Bertz CT molecular complexity index is 1190. The van der Waals surface area contributed by atoms with Crippen molar-refractivity contribution in [2.75, 3.05) is 19.6 Å². The summed E-state index contributed by atoms with van der Waals surface area (Å²) in [6.07, 6.45) is 7.31. The van der Waals surface area contributed by atoms with Gasteiger partial charge in [-0.25, -0.2) is 4.79 Å². The van der Waals surface area contributed by atoms with Gasteiger partial charge in [-0.05, 0) is 69.6 Å². The second-order valence-electron chi connectivity index (χ2n) is 10.3. The van der Waals surface area contributed by atoms with E-state index < -0.39 is 17.6 Å². The SMILES string of the molecule is C[C@H](Oc1ccc2c3c(c(=O)oc2c1)CCCC3)C(=O)NCC(=O)N1CC[C@@]2(O)CCCC[C@H]2C1. The zero-order valence-corrected chi connectivity index (χ0v) is 20.3. The smallest absolute Gasteiger partial charge is 0.339 e. The molecule has 0 unspecified atom stereocenters. The summed E-state index contributed by atoms with van der Waals surface area (Å²) in [4.78, 5) is 39.4. The Morgan fingerprint density at radius 2 is 2.00 bits per heavy atom. The van der Waals surface area contributed by atoms with Crippen molar-refractivity contribution in [3.05, 3.63) is 39.7 Å². The van der Waals surface area contributed by atoms with E-state index in [1.807, 2.05) is 6.07 Å². The lowest BCUT2D eigenvalue weighted by atomic mass is 9.71. The Morgan fingerprint density at radius 3 is 2.83 bits per heavy atom. The van der Waals surface area contributed by atoms with Crippen LogP contribution < -0.4 is 15.7 Å². The van der Waals surface area contributed by atoms with Crippen molar-refractivity contribution in [1.82, 2.24) is 10.2 Å². The first-order chi connectivity index (χ1) is 16.8. The summed E-state index contributed by atoms with van der Waals surface area (Å²) in [5.41, 5.74) is 1.36. The molecular weight excluding hydrogens is 448 g/mol. The van der Waals surface area contributed by atoms with E-state index in [9.17, 15) is 19.5 Å². The first kappa shape index (κ1) is 23.9. The molecule has 0 spiro atoms. The second-order valence-corrected chi connectivity index (χ2v) is 10.3. The standard InChI is InChI=1S/C27H34N2O6/c1-17(25(31)28-15-24(30)29-13-12-27(33)11-5-4-6-18(27)16-29)34-19-9-10-21-20-7-2-3-8-22(20)26(32)35-23(21)14-19/h9-10,14,17-18,33H,2-8,11-13,15-16H2,1H3,(H,28,31)/t17-,18-,27-/m0/s1. The number of hydrogen-bond acceptors (Lipinski definition) is 6. The Balaban J connectivity index is 1.17. The number of fused-ring (bicyclic) bond motifs is 4. The number of benzene rings is 1. The number of ether oxygens (including phenoxy) is 1. The number of aliphatic hydroxyl groups is 1. The maximum atomic E-state index is 12.7. The van der Waals surface area contributed by atoms with Gasteiger partial charge in [-0.3, -0.25) is 9.59 Å². The third-order valence-electron chi connectivity index (χ3n) is 8.07. The molecule has 1 aliphatic heterocycles. The van der Waals surface area contributed by atoms with Gasteiger partial charge in [0.25, 0.3) is 5.91 Å². The first-order valence-electron chi connectivity index (χ1n) is 12.9. The Hall–Kier alpha value is -2.87. The topological polar surface area (TPSA) is 109 Å². The highest BCUT2D eigenvalue weighted by Crippen LogP contribution is 2.39. The molecule has 8 heteroatoms. The molecule has 8 nitrogen and oxygen atoms in total. The van der Waals surface area contributed by atoms with Crippen LogP contribution in [0.4, 0.5) is 0 Å². The average molecular weight is 483 g/mol. The zero-order valence-electron chi connectivity index (χ0n) is 20.3. The van der Waals surface area contributed by atoms with Gasteiger partial charge in [0, 0.05) is 36.0 Å². The van der Waals surface area contributed by atoms with E-state index in [1.165, 1.54) is 0 Å². The molecule has 2 aliphatic carbocycles. The van der Waals surface area contributed by atoms with E-state index in [1.54, 1.807) is 24.0 Å². The number of hydrogen-bond donors (Lipinski definition) is 2. The van der Waals surface area contributed by atoms with Gasteiger partial charge >= 0.3 is 5.63 Å². The molecule has 2 N–H and O–H groups in total. The summed E-state index contributed by atoms with van der Waals surface area (Å²) in [5, 5.41) is 14.4. The summed E-state index contributed by atoms with van der Waals surface area (Å²) < 4.78 is 11.3. The quantitative estimate of drug-likeness (QED) is 0.635. The summed E-state index contributed by atoms with van der Waals surface area (Å²) in [6.45, 7) is 2.58. The number of carbonyl (C=O) groups excluding carboxylic acids is 2. The number of nitrogens with zero attached hydrogens (tertiary/aromatic N) is 1. The number of amides is 2. The molecule has 0 bridgehead atoms. The molecule has 2 amide bonds. The summed E-state index contributed by atoms with van der Waals surface area (Å²) in [5.74, 6) is 0.00965. The van der Waals surface area contributed by atoms with E-state index in [0.29, 0.717) is 30.8 Å². The predicted octanol–water partition coefficient (Wildman–Crippen LogP) is 2.71. The van der Waals surface area contributed by atoms with Crippen molar-refractivity contribution in [1.29, 1.82) is 0 Å². The Labute approximate surface area is 204 Å². The van der Waals surface area contributed by atoms with Gasteiger partial charge in [0.15, 0.2) is 6.10 Å². The highest BCUT2D eigenvalue weighted by Gasteiger charge is 2.43. The van der Waals surface area contributed by atoms with E-state index in [0.717, 1.165) is 67.9 Å². The lowest BCUT2D eigenvalue weighted by Crippen LogP contribution is -2.56. The van der Waals surface area contributed by atoms with Crippen LogP contribution in [0.5, 0.6) is 5.75 Å². The van der Waals surface area contributed by atoms with Crippen LogP contribution in [-0.4, -0.2) is 53.2 Å². The van der Waals surface area contributed by atoms with Crippen LogP contribution in [-0.2, 0) is 22.4 Å². The molecule has 1 saturated carbocycles. The van der Waals surface area contributed by atoms with Crippen molar-refractivity contribution in [2.45, 2.75) is 76.4 Å². The molecule has 35 heavy (non-hydrogen) atoms. The largest absolute Gasteiger partial charge is 0.481 e. The van der Waals surface area contributed by atoms with E-state index in [4.69, 9.17) is 9.15 Å². The lowest BCUT2D eigenvalue weighted by Gasteiger charge is -2.47. The van der Waals surface area contributed by atoms with Crippen LogP contribution in [0.3, 0.4) is 0 Å². The fourth-order valence-corrected chi connectivity index (χ4v) is 5.97. The van der Waals surface area contributed by atoms with Gasteiger partial charge in [-0.15, -0.1) is 0 Å². The fraction of sp³-hybridized carbons (Fsp3) is 0.593. The molecule has 2 fully saturated rings. The minimum Gasteiger partial charge on any atom is -0.481 e. The number of carbonyl (C=O) groups is 2. The van der Waals surface area contributed by atoms with Crippen LogP contribution >= 0.6 is 0 Å². The highest BCUT2D eigenvalue weighted by molar-refractivity contribution is 5.87. The van der Waals surface area contributed by atoms with Crippen LogP contribution in [0.25, 0.3) is 11.0 Å². The van der Waals surface area contributed by atoms with Gasteiger partial charge in [0.2, 0.25) is 5.91 Å². The zero-order chi connectivity index (χ0) is 24.6. The lowest BCUT2D eigenvalue weighted by molar-refractivity contribution is -0.144. The molecule has 3 aliphatic rings. The number of rotatable bonds is 5. The van der Waals surface area contributed by atoms with Crippen molar-refractivity contribution < 1.29 is 23.8 Å². The second kappa shape index (κ2) is 9.64. The third kappa shape index (κ3) is 4.81.